The molecule has 0 unspecified atom stereocenters. The summed E-state index contributed by atoms with van der Waals surface area (Å²) in [5.74, 6) is 0.235. The highest BCUT2D eigenvalue weighted by Crippen LogP contribution is 2.10. The van der Waals surface area contributed by atoms with Crippen LogP contribution in [0.2, 0.25) is 0 Å². The quantitative estimate of drug-likeness (QED) is 0.797. The third-order valence-electron chi connectivity index (χ3n) is 1.81. The summed E-state index contributed by atoms with van der Waals surface area (Å²) in [4.78, 5) is 15.6. The molecule has 0 aliphatic carbocycles. The lowest BCUT2D eigenvalue weighted by Crippen LogP contribution is -2.05. The van der Waals surface area contributed by atoms with E-state index in [9.17, 15) is 4.79 Å². The fraction of sp³-hybridized carbons (Fsp3) is 0.200. The topological polar surface area (TPSA) is 30.0 Å². The molecular weight excluding hydrogens is 214 g/mol. The average Bonchev–Trinajstić information content (AvgIpc) is 2.76. The van der Waals surface area contributed by atoms with Crippen LogP contribution in [0.25, 0.3) is 0 Å². The molecule has 0 aliphatic rings. The highest BCUT2D eigenvalue weighted by Gasteiger charge is 2.06. The molecule has 14 heavy (non-hydrogen) atoms. The molecule has 72 valence electrons. The van der Waals surface area contributed by atoms with Crippen LogP contribution in [-0.4, -0.2) is 10.8 Å². The predicted octanol–water partition coefficient (Wildman–Crippen LogP) is 2.56. The molecule has 0 radical (unpaired) electrons. The molecular formula is C10H9NOS2. The van der Waals surface area contributed by atoms with Crippen molar-refractivity contribution in [3.05, 3.63) is 39.0 Å². The molecule has 0 fully saturated rings. The second kappa shape index (κ2) is 4.48. The van der Waals surface area contributed by atoms with E-state index in [0.29, 0.717) is 12.8 Å². The van der Waals surface area contributed by atoms with E-state index in [1.165, 1.54) is 11.3 Å². The Morgan fingerprint density at radius 3 is 2.93 bits per heavy atom. The van der Waals surface area contributed by atoms with Crippen LogP contribution in [0.15, 0.2) is 28.4 Å². The zero-order chi connectivity index (χ0) is 9.80. The third kappa shape index (κ3) is 2.49. The smallest absolute Gasteiger partial charge is 0.144 e. The van der Waals surface area contributed by atoms with E-state index in [2.05, 4.69) is 4.98 Å². The Balaban J connectivity index is 1.91. The van der Waals surface area contributed by atoms with Gasteiger partial charge in [-0.1, -0.05) is 0 Å². The number of carbonyl (C=O) groups is 1. The van der Waals surface area contributed by atoms with Gasteiger partial charge in [0.15, 0.2) is 0 Å². The molecule has 4 heteroatoms. The first kappa shape index (κ1) is 9.55. The molecule has 2 aromatic rings. The number of Topliss-reactive ketones (excluding diaryl/α,β-unsaturated/α-hetero) is 1. The lowest BCUT2D eigenvalue weighted by atomic mass is 10.1. The minimum Gasteiger partial charge on any atom is -0.299 e. The number of ketones is 1. The zero-order valence-electron chi connectivity index (χ0n) is 7.47. The van der Waals surface area contributed by atoms with Crippen LogP contribution >= 0.6 is 22.7 Å². The third-order valence-corrected chi connectivity index (χ3v) is 3.32. The number of carbonyl (C=O) groups excluding carboxylic acids is 1. The molecule has 2 nitrogen and oxygen atoms in total. The molecule has 0 N–H and O–H groups in total. The van der Waals surface area contributed by atoms with Gasteiger partial charge in [-0.3, -0.25) is 4.79 Å². The number of hydrogen-bond donors (Lipinski definition) is 0. The van der Waals surface area contributed by atoms with Crippen molar-refractivity contribution in [1.29, 1.82) is 0 Å². The molecule has 0 saturated heterocycles. The number of nitrogens with zero attached hydrogens (tertiary/aromatic N) is 1. The van der Waals surface area contributed by atoms with Crippen LogP contribution in [0, 0.1) is 0 Å². The van der Waals surface area contributed by atoms with Crippen molar-refractivity contribution in [1.82, 2.24) is 4.98 Å². The Labute approximate surface area is 90.2 Å². The number of thiophene rings is 1. The highest BCUT2D eigenvalue weighted by atomic mass is 32.1. The second-order valence-corrected chi connectivity index (χ2v) is 4.71. The monoisotopic (exact) mass is 223 g/mol. The van der Waals surface area contributed by atoms with Crippen LogP contribution in [-0.2, 0) is 17.6 Å². The van der Waals surface area contributed by atoms with E-state index in [1.54, 1.807) is 17.5 Å². The lowest BCUT2D eigenvalue weighted by Gasteiger charge is -1.95. The molecule has 2 heterocycles. The van der Waals surface area contributed by atoms with Gasteiger partial charge in [-0.25, -0.2) is 4.98 Å². The van der Waals surface area contributed by atoms with E-state index in [1.807, 2.05) is 22.2 Å². The van der Waals surface area contributed by atoms with Gasteiger partial charge in [-0.05, 0) is 22.4 Å². The van der Waals surface area contributed by atoms with Gasteiger partial charge < -0.3 is 0 Å². The summed E-state index contributed by atoms with van der Waals surface area (Å²) >= 11 is 3.16. The van der Waals surface area contributed by atoms with E-state index >= 15 is 0 Å². The first-order chi connectivity index (χ1) is 6.84. The molecule has 0 bridgehead atoms. The fourth-order valence-corrected chi connectivity index (χ4v) is 2.51. The molecule has 2 rings (SSSR count). The molecule has 0 saturated carbocycles. The predicted molar refractivity (Wildman–Crippen MR) is 58.8 cm³/mol. The zero-order valence-corrected chi connectivity index (χ0v) is 9.11. The van der Waals surface area contributed by atoms with Gasteiger partial charge in [-0.2, -0.15) is 11.3 Å². The summed E-state index contributed by atoms with van der Waals surface area (Å²) in [7, 11) is 0. The van der Waals surface area contributed by atoms with E-state index in [0.717, 1.165) is 10.6 Å². The standard InChI is InChI=1S/C10H9NOS2/c12-9(5-8-1-3-13-7-8)6-10-11-2-4-14-10/h1-4,7H,5-6H2. The maximum absolute atomic E-state index is 11.5. The van der Waals surface area contributed by atoms with E-state index < -0.39 is 0 Å². The van der Waals surface area contributed by atoms with Gasteiger partial charge >= 0.3 is 0 Å². The normalized spacial score (nSPS) is 10.3. The first-order valence-electron chi connectivity index (χ1n) is 4.26. The Kier molecular flexibility index (Phi) is 3.06. The maximum Gasteiger partial charge on any atom is 0.144 e. The highest BCUT2D eigenvalue weighted by molar-refractivity contribution is 7.09. The maximum atomic E-state index is 11.5. The van der Waals surface area contributed by atoms with Crippen molar-refractivity contribution in [2.45, 2.75) is 12.8 Å². The van der Waals surface area contributed by atoms with Crippen molar-refractivity contribution in [3.8, 4) is 0 Å². The Hall–Kier alpha value is -1.00. The van der Waals surface area contributed by atoms with Crippen LogP contribution in [0.5, 0.6) is 0 Å². The molecule has 0 spiro atoms. The van der Waals surface area contributed by atoms with Crippen molar-refractivity contribution >= 4 is 28.5 Å². The Bertz CT molecular complexity index is 353. The first-order valence-corrected chi connectivity index (χ1v) is 6.08. The van der Waals surface area contributed by atoms with Crippen molar-refractivity contribution < 1.29 is 4.79 Å². The summed E-state index contributed by atoms with van der Waals surface area (Å²) in [5.41, 5.74) is 1.11. The van der Waals surface area contributed by atoms with Gasteiger partial charge in [-0.15, -0.1) is 11.3 Å². The van der Waals surface area contributed by atoms with Gasteiger partial charge in [0, 0.05) is 18.0 Å². The molecule has 0 atom stereocenters. The van der Waals surface area contributed by atoms with Crippen LogP contribution in [0.4, 0.5) is 0 Å². The van der Waals surface area contributed by atoms with E-state index in [4.69, 9.17) is 0 Å². The van der Waals surface area contributed by atoms with Crippen LogP contribution in [0.1, 0.15) is 10.6 Å². The van der Waals surface area contributed by atoms with Gasteiger partial charge in [0.2, 0.25) is 0 Å². The average molecular weight is 223 g/mol. The van der Waals surface area contributed by atoms with Crippen LogP contribution < -0.4 is 0 Å². The summed E-state index contributed by atoms with van der Waals surface area (Å²) < 4.78 is 0. The lowest BCUT2D eigenvalue weighted by molar-refractivity contribution is -0.117. The van der Waals surface area contributed by atoms with Gasteiger partial charge in [0.25, 0.3) is 0 Å². The fourth-order valence-electron chi connectivity index (χ4n) is 1.19. The number of hydrogen-bond acceptors (Lipinski definition) is 4. The van der Waals surface area contributed by atoms with Crippen LogP contribution in [0.3, 0.4) is 0 Å². The number of rotatable bonds is 4. The van der Waals surface area contributed by atoms with Crippen molar-refractivity contribution in [2.75, 3.05) is 0 Å². The summed E-state index contributed by atoms with van der Waals surface area (Å²) in [6.45, 7) is 0. The summed E-state index contributed by atoms with van der Waals surface area (Å²) in [6, 6.07) is 1.99. The van der Waals surface area contributed by atoms with Gasteiger partial charge in [0.05, 0.1) is 11.4 Å². The molecule has 0 aromatic carbocycles. The van der Waals surface area contributed by atoms with E-state index in [-0.39, 0.29) is 5.78 Å². The van der Waals surface area contributed by atoms with Gasteiger partial charge in [0.1, 0.15) is 5.78 Å². The van der Waals surface area contributed by atoms with Crippen molar-refractivity contribution in [2.24, 2.45) is 0 Å². The SMILES string of the molecule is O=C(Cc1ccsc1)Cc1nccs1. The molecule has 2 aromatic heterocycles. The summed E-state index contributed by atoms with van der Waals surface area (Å²) in [6.07, 6.45) is 2.73. The second-order valence-electron chi connectivity index (χ2n) is 2.95. The molecule has 0 aliphatic heterocycles. The minimum absolute atomic E-state index is 0.235. The minimum atomic E-state index is 0.235. The number of thiazole rings is 1. The number of aromatic nitrogens is 1. The Morgan fingerprint density at radius 1 is 1.36 bits per heavy atom. The Morgan fingerprint density at radius 2 is 2.29 bits per heavy atom. The summed E-state index contributed by atoms with van der Waals surface area (Å²) in [5, 5.41) is 6.81. The van der Waals surface area contributed by atoms with Crippen molar-refractivity contribution in [3.63, 3.8) is 0 Å². The largest absolute Gasteiger partial charge is 0.299 e. The molecule has 0 amide bonds.